The third-order valence-corrected chi connectivity index (χ3v) is 11.5. The zero-order valence-electron chi connectivity index (χ0n) is 35.7. The summed E-state index contributed by atoms with van der Waals surface area (Å²) in [6, 6.07) is 6.00. The topological polar surface area (TPSA) is 158 Å². The largest absolute Gasteiger partial charge is 0.480 e. The first-order valence-electron chi connectivity index (χ1n) is 20.0. The van der Waals surface area contributed by atoms with E-state index in [0.29, 0.717) is 19.4 Å². The quantitative estimate of drug-likeness (QED) is 0.157. The van der Waals surface area contributed by atoms with Crippen molar-refractivity contribution < 1.29 is 38.6 Å². The second-order valence-corrected chi connectivity index (χ2v) is 16.4. The Hall–Kier alpha value is -3.55. The summed E-state index contributed by atoms with van der Waals surface area (Å²) in [6.07, 6.45) is 0.808. The van der Waals surface area contributed by atoms with Crippen LogP contribution in [0.15, 0.2) is 30.3 Å². The molecule has 0 aliphatic carbocycles. The van der Waals surface area contributed by atoms with Crippen molar-refractivity contribution in [3.63, 3.8) is 0 Å². The summed E-state index contributed by atoms with van der Waals surface area (Å²) in [6.45, 7) is 18.1. The standard InChI is InChI=1S/C42H71N5O8/c1-14-28(8)37(46(11)41(51)35(25(2)3)44-40(50)36(26(4)5)45(10)27(6)7)33(54-12)24-34(48)47-22-18-21-32(47)38(55-13)29(9)39(49)43-31(42(52)53)23-30-19-16-15-17-20-30/h15-17,19-20,25-29,31-33,35-38H,14,18,21-24H2,1-13H3,(H,43,49)(H,44,50)(H,52,53)/t28-,29+,31-,32-,33+,35-,36-,37?,38+/m0/s1. The lowest BCUT2D eigenvalue weighted by atomic mass is 9.89. The highest BCUT2D eigenvalue weighted by molar-refractivity contribution is 5.90. The Kier molecular flexibility index (Phi) is 19.3. The Labute approximate surface area is 330 Å². The van der Waals surface area contributed by atoms with E-state index >= 15 is 0 Å². The number of nitrogens with zero attached hydrogens (tertiary/aromatic N) is 3. The van der Waals surface area contributed by atoms with Crippen molar-refractivity contribution in [2.45, 2.75) is 143 Å². The lowest BCUT2D eigenvalue weighted by Gasteiger charge is -2.41. The van der Waals surface area contributed by atoms with Gasteiger partial charge in [0.2, 0.25) is 23.6 Å². The van der Waals surface area contributed by atoms with Crippen molar-refractivity contribution in [2.24, 2.45) is 23.7 Å². The van der Waals surface area contributed by atoms with E-state index in [-0.39, 0.29) is 54.4 Å². The van der Waals surface area contributed by atoms with Crippen molar-refractivity contribution in [1.29, 1.82) is 0 Å². The van der Waals surface area contributed by atoms with E-state index in [1.165, 1.54) is 7.11 Å². The van der Waals surface area contributed by atoms with Crippen LogP contribution in [-0.2, 0) is 39.9 Å². The Morgan fingerprint density at radius 1 is 0.891 bits per heavy atom. The maximum absolute atomic E-state index is 14.3. The fourth-order valence-corrected chi connectivity index (χ4v) is 7.91. The molecular weight excluding hydrogens is 702 g/mol. The van der Waals surface area contributed by atoms with Crippen LogP contribution in [0.5, 0.6) is 0 Å². The molecule has 0 saturated carbocycles. The third-order valence-electron chi connectivity index (χ3n) is 11.5. The van der Waals surface area contributed by atoms with E-state index in [0.717, 1.165) is 12.0 Å². The number of ether oxygens (including phenoxy) is 2. The minimum Gasteiger partial charge on any atom is -0.480 e. The Morgan fingerprint density at radius 2 is 1.51 bits per heavy atom. The molecule has 1 heterocycles. The number of carbonyl (C=O) groups is 5. The number of likely N-dealkylation sites (N-methyl/N-ethyl adjacent to an activating group) is 2. The van der Waals surface area contributed by atoms with Gasteiger partial charge < -0.3 is 35.0 Å². The number of carbonyl (C=O) groups excluding carboxylic acids is 4. The Balaban J connectivity index is 2.29. The fourth-order valence-electron chi connectivity index (χ4n) is 7.91. The van der Waals surface area contributed by atoms with Gasteiger partial charge in [-0.3, -0.25) is 24.1 Å². The van der Waals surface area contributed by atoms with Crippen LogP contribution in [0.2, 0.25) is 0 Å². The van der Waals surface area contributed by atoms with Gasteiger partial charge in [0.1, 0.15) is 12.1 Å². The molecule has 55 heavy (non-hydrogen) atoms. The Morgan fingerprint density at radius 3 is 2.00 bits per heavy atom. The number of methoxy groups -OCH3 is 2. The summed E-state index contributed by atoms with van der Waals surface area (Å²) < 4.78 is 11.9. The smallest absolute Gasteiger partial charge is 0.326 e. The van der Waals surface area contributed by atoms with Crippen LogP contribution in [0.3, 0.4) is 0 Å². The van der Waals surface area contributed by atoms with Crippen molar-refractivity contribution in [2.75, 3.05) is 34.9 Å². The van der Waals surface area contributed by atoms with Gasteiger partial charge in [-0.1, -0.05) is 85.2 Å². The normalized spacial score (nSPS) is 19.1. The number of likely N-dealkylation sites (tertiary alicyclic amines) is 1. The van der Waals surface area contributed by atoms with E-state index in [2.05, 4.69) is 10.6 Å². The number of hydrogen-bond acceptors (Lipinski definition) is 8. The van der Waals surface area contributed by atoms with Crippen LogP contribution in [0.1, 0.15) is 93.6 Å². The average molecular weight is 774 g/mol. The second-order valence-electron chi connectivity index (χ2n) is 16.4. The number of benzene rings is 1. The molecule has 312 valence electrons. The van der Waals surface area contributed by atoms with Gasteiger partial charge in [-0.05, 0) is 57.1 Å². The first-order chi connectivity index (χ1) is 25.8. The molecule has 13 heteroatoms. The number of carboxylic acid groups (broad SMARTS) is 1. The number of amides is 4. The molecule has 1 aromatic rings. The molecule has 1 saturated heterocycles. The number of rotatable bonds is 22. The summed E-state index contributed by atoms with van der Waals surface area (Å²) in [4.78, 5) is 73.3. The van der Waals surface area contributed by atoms with Gasteiger partial charge >= 0.3 is 5.97 Å². The van der Waals surface area contributed by atoms with Gasteiger partial charge in [0.15, 0.2) is 0 Å². The zero-order valence-corrected chi connectivity index (χ0v) is 35.7. The van der Waals surface area contributed by atoms with Crippen LogP contribution in [-0.4, -0.2) is 133 Å². The van der Waals surface area contributed by atoms with Crippen LogP contribution >= 0.6 is 0 Å². The molecular formula is C42H71N5O8. The van der Waals surface area contributed by atoms with Crippen LogP contribution in [0, 0.1) is 23.7 Å². The first kappa shape index (κ1) is 47.6. The highest BCUT2D eigenvalue weighted by Crippen LogP contribution is 2.30. The minimum absolute atomic E-state index is 0.0118. The lowest BCUT2D eigenvalue weighted by molar-refractivity contribution is -0.148. The molecule has 1 aliphatic rings. The molecule has 0 aromatic heterocycles. The predicted molar refractivity (Wildman–Crippen MR) is 214 cm³/mol. The molecule has 9 atom stereocenters. The summed E-state index contributed by atoms with van der Waals surface area (Å²) in [5.74, 6) is -3.21. The van der Waals surface area contributed by atoms with Crippen molar-refractivity contribution in [3.05, 3.63) is 35.9 Å². The fraction of sp³-hybridized carbons (Fsp3) is 0.738. The van der Waals surface area contributed by atoms with E-state index < -0.39 is 60.2 Å². The monoisotopic (exact) mass is 774 g/mol. The summed E-state index contributed by atoms with van der Waals surface area (Å²) in [5, 5.41) is 15.7. The molecule has 1 unspecified atom stereocenters. The summed E-state index contributed by atoms with van der Waals surface area (Å²) >= 11 is 0. The predicted octanol–water partition coefficient (Wildman–Crippen LogP) is 4.22. The molecule has 0 radical (unpaired) electrons. The van der Waals surface area contributed by atoms with Gasteiger partial charge in [0.05, 0.1) is 42.7 Å². The molecule has 3 N–H and O–H groups in total. The lowest BCUT2D eigenvalue weighted by Crippen LogP contribution is -2.60. The molecule has 1 aromatic carbocycles. The number of carboxylic acids is 1. The maximum Gasteiger partial charge on any atom is 0.326 e. The van der Waals surface area contributed by atoms with E-state index in [9.17, 15) is 29.1 Å². The van der Waals surface area contributed by atoms with Gasteiger partial charge in [0.25, 0.3) is 0 Å². The summed E-state index contributed by atoms with van der Waals surface area (Å²) in [7, 11) is 6.69. The van der Waals surface area contributed by atoms with Gasteiger partial charge in [-0.15, -0.1) is 0 Å². The van der Waals surface area contributed by atoms with Gasteiger partial charge in [-0.2, -0.15) is 0 Å². The third kappa shape index (κ3) is 12.7. The minimum atomic E-state index is -1.14. The number of nitrogens with one attached hydrogen (secondary N) is 2. The van der Waals surface area contributed by atoms with Crippen molar-refractivity contribution >= 4 is 29.6 Å². The van der Waals surface area contributed by atoms with Crippen molar-refractivity contribution in [1.82, 2.24) is 25.3 Å². The van der Waals surface area contributed by atoms with Crippen LogP contribution in [0.25, 0.3) is 0 Å². The van der Waals surface area contributed by atoms with E-state index in [1.807, 2.05) is 97.7 Å². The van der Waals surface area contributed by atoms with Crippen LogP contribution < -0.4 is 10.6 Å². The average Bonchev–Trinajstić information content (AvgIpc) is 3.62. The van der Waals surface area contributed by atoms with Crippen LogP contribution in [0.4, 0.5) is 0 Å². The van der Waals surface area contributed by atoms with Gasteiger partial charge in [0, 0.05) is 40.3 Å². The summed E-state index contributed by atoms with van der Waals surface area (Å²) in [5.41, 5.74) is 0.785. The molecule has 0 spiro atoms. The molecule has 1 aliphatic heterocycles. The maximum atomic E-state index is 14.3. The van der Waals surface area contributed by atoms with E-state index in [4.69, 9.17) is 9.47 Å². The zero-order chi connectivity index (χ0) is 41.7. The molecule has 1 fully saturated rings. The van der Waals surface area contributed by atoms with E-state index in [1.54, 1.807) is 30.9 Å². The molecule has 13 nitrogen and oxygen atoms in total. The van der Waals surface area contributed by atoms with Gasteiger partial charge in [-0.25, -0.2) is 4.79 Å². The number of aliphatic carboxylic acids is 1. The van der Waals surface area contributed by atoms with Crippen molar-refractivity contribution in [3.8, 4) is 0 Å². The SMILES string of the molecule is CC[C@H](C)C([C@@H](CC(=O)N1CCC[C@H]1[C@H](OC)[C@@H](C)C(=O)N[C@@H](Cc1ccccc1)C(=O)O)OC)N(C)C(=O)[C@@H](NC(=O)[C@H](C(C)C)N(C)C(C)C)C(C)C. The number of hydrogen-bond donors (Lipinski definition) is 3. The highest BCUT2D eigenvalue weighted by Gasteiger charge is 2.43. The molecule has 0 bridgehead atoms. The first-order valence-corrected chi connectivity index (χ1v) is 20.0. The molecule has 4 amide bonds. The molecule has 2 rings (SSSR count). The second kappa shape index (κ2) is 22.3. The Bertz CT molecular complexity index is 1390. The highest BCUT2D eigenvalue weighted by atomic mass is 16.5.